The van der Waals surface area contributed by atoms with Crippen molar-refractivity contribution < 1.29 is 89.1 Å². The molecule has 8 amide bonds. The van der Waals surface area contributed by atoms with E-state index in [0.717, 1.165) is 39.8 Å². The Kier molecular flexibility index (Phi) is 26.0. The Morgan fingerprint density at radius 1 is 0.336 bits per heavy atom. The fourth-order valence-corrected chi connectivity index (χ4v) is 19.5. The van der Waals surface area contributed by atoms with Gasteiger partial charge in [-0.15, -0.1) is 11.6 Å². The standard InChI is InChI=1S/C27H22FN3O3.C26H22ClFN2O3.C26H21FN2O5.C26H23FN2O4/c28-21-11-7-19(8-12-21)25(32)30-16-17-31-26(33)23-5-1-2-6-24(23)27(30,31)20-9-13-22(14-10-20)34-18-4-3-15-29;27-14-3-17-33-21-12-8-19(9-13-21)26-23-5-2-1-4-22(23)25(32)30(26)16-15-29(26)24(31)18-6-10-20(28)11-7-18;1-33-23(30)16-34-20-12-8-18(9-13-20)26-22-5-3-2-4-21(22)25(32)29(26)15-14-28(26)24(31)17-6-10-19(27)11-7-17;1-32-15-16-33-21-6-4-5-19(17-21)26-23-8-3-2-7-22(23)25(31)29(26)14-13-28(26)24(30)18-9-11-20(27)12-10-18/h1-2,5-14H,3-4,16-18H2;1-2,4-13H,3,14-17H2;2-13H,14-16H2,1H3;2-12,17H,13-16H2,1H3. The largest absolute Gasteiger partial charge is 0.494 e. The van der Waals surface area contributed by atoms with Gasteiger partial charge in [0, 0.05) is 161 Å². The molecule has 24 nitrogen and oxygen atoms in total. The van der Waals surface area contributed by atoms with Crippen LogP contribution in [0.4, 0.5) is 17.6 Å². The highest BCUT2D eigenvalue weighted by Crippen LogP contribution is 2.56. The van der Waals surface area contributed by atoms with Gasteiger partial charge in [0.1, 0.15) is 52.9 Å². The number of esters is 1. The number of benzene rings is 12. The minimum absolute atomic E-state index is 0.109. The van der Waals surface area contributed by atoms with Crippen LogP contribution in [0.15, 0.2) is 291 Å². The zero-order valence-corrected chi connectivity index (χ0v) is 73.5. The zero-order chi connectivity index (χ0) is 93.6. The molecule has 0 N–H and O–H groups in total. The van der Waals surface area contributed by atoms with Crippen LogP contribution in [0.3, 0.4) is 0 Å². The molecule has 4 unspecified atom stereocenters. The molecule has 8 heterocycles. The van der Waals surface area contributed by atoms with Crippen LogP contribution >= 0.6 is 11.6 Å². The van der Waals surface area contributed by atoms with Gasteiger partial charge in [-0.1, -0.05) is 121 Å². The molecule has 678 valence electrons. The molecule has 4 fully saturated rings. The molecule has 8 aliphatic heterocycles. The lowest BCUT2D eigenvalue weighted by atomic mass is 9.89. The highest BCUT2D eigenvalue weighted by atomic mass is 35.5. The number of hydrogen-bond acceptors (Lipinski definition) is 16. The van der Waals surface area contributed by atoms with Crippen molar-refractivity contribution >= 4 is 64.8 Å². The van der Waals surface area contributed by atoms with Gasteiger partial charge in [-0.05, 0) is 183 Å². The Balaban J connectivity index is 0.000000124. The highest BCUT2D eigenvalue weighted by molar-refractivity contribution is 6.17. The van der Waals surface area contributed by atoms with Gasteiger partial charge in [-0.25, -0.2) is 22.4 Å². The molecule has 4 atom stereocenters. The topological polar surface area (TPSA) is 259 Å². The Morgan fingerprint density at radius 2 is 0.634 bits per heavy atom. The maximum atomic E-state index is 13.7. The second-order valence-corrected chi connectivity index (χ2v) is 32.7. The summed E-state index contributed by atoms with van der Waals surface area (Å²) in [6, 6.07) is 82.6. The van der Waals surface area contributed by atoms with Gasteiger partial charge in [0.05, 0.1) is 33.0 Å². The van der Waals surface area contributed by atoms with Crippen LogP contribution in [0.1, 0.15) is 147 Å². The van der Waals surface area contributed by atoms with Crippen molar-refractivity contribution in [2.24, 2.45) is 0 Å². The summed E-state index contributed by atoms with van der Waals surface area (Å²) in [4.78, 5) is 133. The summed E-state index contributed by atoms with van der Waals surface area (Å²) >= 11 is 5.73. The number of ether oxygens (including phenoxy) is 6. The van der Waals surface area contributed by atoms with E-state index in [0.29, 0.717) is 176 Å². The minimum atomic E-state index is -1.15. The lowest BCUT2D eigenvalue weighted by Crippen LogP contribution is -2.51. The molecule has 0 aromatic heterocycles. The van der Waals surface area contributed by atoms with Gasteiger partial charge in [0.25, 0.3) is 47.3 Å². The third-order valence-electron chi connectivity index (χ3n) is 25.2. The van der Waals surface area contributed by atoms with Crippen molar-refractivity contribution in [1.82, 2.24) is 39.2 Å². The van der Waals surface area contributed by atoms with Crippen molar-refractivity contribution in [2.45, 2.75) is 41.9 Å². The van der Waals surface area contributed by atoms with Crippen molar-refractivity contribution in [2.75, 3.05) is 105 Å². The van der Waals surface area contributed by atoms with Crippen LogP contribution in [0.25, 0.3) is 0 Å². The summed E-state index contributed by atoms with van der Waals surface area (Å²) < 4.78 is 86.4. The summed E-state index contributed by atoms with van der Waals surface area (Å²) in [5, 5.41) is 8.69. The van der Waals surface area contributed by atoms with Crippen LogP contribution in [0.5, 0.6) is 23.0 Å². The van der Waals surface area contributed by atoms with Gasteiger partial charge in [-0.3, -0.25) is 38.4 Å². The van der Waals surface area contributed by atoms with Gasteiger partial charge < -0.3 is 67.6 Å². The van der Waals surface area contributed by atoms with E-state index in [4.69, 9.17) is 40.5 Å². The molecular formula is C105H88ClF4N9O15. The van der Waals surface area contributed by atoms with E-state index in [-0.39, 0.29) is 53.9 Å². The first-order valence-electron chi connectivity index (χ1n) is 43.6. The van der Waals surface area contributed by atoms with Crippen LogP contribution in [0.2, 0.25) is 0 Å². The molecule has 4 saturated heterocycles. The normalized spacial score (nSPS) is 18.7. The number of fused-ring (bicyclic) bond motifs is 12. The molecule has 0 radical (unpaired) electrons. The number of alkyl halides is 1. The monoisotopic (exact) mass is 1830 g/mol. The number of amides is 8. The van der Waals surface area contributed by atoms with Crippen molar-refractivity contribution in [1.29, 1.82) is 5.26 Å². The maximum Gasteiger partial charge on any atom is 0.343 e. The third-order valence-corrected chi connectivity index (χ3v) is 25.4. The number of hydrogen-bond donors (Lipinski definition) is 0. The zero-order valence-electron chi connectivity index (χ0n) is 72.8. The summed E-state index contributed by atoms with van der Waals surface area (Å²) in [6.07, 6.45) is 1.80. The number of halogens is 5. The molecule has 12 aromatic carbocycles. The van der Waals surface area contributed by atoms with Crippen LogP contribution in [-0.4, -0.2) is 198 Å². The van der Waals surface area contributed by atoms with Gasteiger partial charge in [0.2, 0.25) is 0 Å². The van der Waals surface area contributed by atoms with E-state index in [2.05, 4.69) is 10.8 Å². The van der Waals surface area contributed by atoms with E-state index in [1.165, 1.54) is 104 Å². The lowest BCUT2D eigenvalue weighted by Gasteiger charge is -2.40. The first-order chi connectivity index (χ1) is 65.2. The number of carbonyl (C=O) groups is 9. The predicted octanol–water partition coefficient (Wildman–Crippen LogP) is 15.8. The van der Waals surface area contributed by atoms with Crippen molar-refractivity contribution in [3.05, 3.63) is 403 Å². The number of unbranched alkanes of at least 4 members (excludes halogenated alkanes) is 1. The molecule has 0 saturated carbocycles. The van der Waals surface area contributed by atoms with Gasteiger partial charge in [-0.2, -0.15) is 5.26 Å². The third kappa shape index (κ3) is 16.0. The van der Waals surface area contributed by atoms with Gasteiger partial charge >= 0.3 is 5.97 Å². The summed E-state index contributed by atoms with van der Waals surface area (Å²) in [6.45, 7) is 4.43. The van der Waals surface area contributed by atoms with E-state index >= 15 is 0 Å². The SMILES string of the molecule is COC(=O)COc1ccc(C23c4ccccc4C(=O)N2CCN3C(=O)c2ccc(F)cc2)cc1.COCCOc1cccc(C23c4ccccc4C(=O)N2CCN3C(=O)c2ccc(F)cc2)c1.N#CCCCOc1ccc(C23c4ccccc4C(=O)N2CCN3C(=O)c2ccc(F)cc2)cc1.O=C(c1ccc(F)cc1)N1CCN2C(=O)c3ccccc3C12c1ccc(OCCCCl)cc1. The number of carbonyl (C=O) groups excluding carboxylic acids is 9. The predicted molar refractivity (Wildman–Crippen MR) is 485 cm³/mol. The van der Waals surface area contributed by atoms with Crippen LogP contribution < -0.4 is 18.9 Å². The van der Waals surface area contributed by atoms with E-state index in [1.807, 2.05) is 140 Å². The van der Waals surface area contributed by atoms with E-state index < -0.39 is 51.9 Å². The second kappa shape index (κ2) is 38.5. The lowest BCUT2D eigenvalue weighted by molar-refractivity contribution is -0.142. The molecule has 0 spiro atoms. The van der Waals surface area contributed by atoms with Crippen LogP contribution in [0, 0.1) is 34.6 Å². The number of rotatable bonds is 23. The number of nitrogens with zero attached hydrogens (tertiary/aromatic N) is 9. The molecule has 12 aromatic rings. The molecule has 134 heavy (non-hydrogen) atoms. The fraction of sp³-hybridized carbons (Fsp3) is 0.219. The van der Waals surface area contributed by atoms with Gasteiger partial charge in [0.15, 0.2) is 29.3 Å². The summed E-state index contributed by atoms with van der Waals surface area (Å²) in [7, 11) is 2.89. The number of methoxy groups -OCH3 is 2. The summed E-state index contributed by atoms with van der Waals surface area (Å²) in [5.74, 6) is -0.853. The van der Waals surface area contributed by atoms with Crippen molar-refractivity contribution in [3.8, 4) is 29.1 Å². The highest BCUT2D eigenvalue weighted by Gasteiger charge is 2.64. The first kappa shape index (κ1) is 90.5. The van der Waals surface area contributed by atoms with E-state index in [9.17, 15) is 60.7 Å². The molecule has 8 aliphatic rings. The minimum Gasteiger partial charge on any atom is -0.494 e. The maximum absolute atomic E-state index is 13.7. The average Bonchev–Trinajstić information content (AvgIpc) is 1.55. The van der Waals surface area contributed by atoms with E-state index in [1.54, 1.807) is 101 Å². The Labute approximate surface area is 774 Å². The fourth-order valence-electron chi connectivity index (χ4n) is 19.3. The molecule has 20 rings (SSSR count). The summed E-state index contributed by atoms with van der Waals surface area (Å²) in [5.41, 5.74) is 5.20. The Bertz CT molecular complexity index is 6540. The van der Waals surface area contributed by atoms with Crippen LogP contribution in [-0.2, 0) is 36.9 Å². The van der Waals surface area contributed by atoms with Crippen molar-refractivity contribution in [3.63, 3.8) is 0 Å². The molecular weight excluding hydrogens is 1740 g/mol. The number of nitriles is 1. The molecule has 0 bridgehead atoms. The molecule has 29 heteroatoms. The first-order valence-corrected chi connectivity index (χ1v) is 44.1. The smallest absolute Gasteiger partial charge is 0.343 e. The Hall–Kier alpha value is -15.5. The second-order valence-electron chi connectivity index (χ2n) is 32.4. The Morgan fingerprint density at radius 3 is 0.940 bits per heavy atom. The average molecular weight is 1830 g/mol. The molecule has 0 aliphatic carbocycles. The quantitative estimate of drug-likeness (QED) is 0.0249.